The van der Waals surface area contributed by atoms with Crippen molar-refractivity contribution in [1.29, 1.82) is 0 Å². The number of benzene rings is 1. The molecule has 0 bridgehead atoms. The van der Waals surface area contributed by atoms with Crippen LogP contribution in [0.2, 0.25) is 5.02 Å². The monoisotopic (exact) mass is 340 g/mol. The van der Waals surface area contributed by atoms with E-state index < -0.39 is 0 Å². The molecule has 2 amide bonds. The highest BCUT2D eigenvalue weighted by atomic mass is 35.5. The van der Waals surface area contributed by atoms with Crippen LogP contribution in [0.3, 0.4) is 0 Å². The van der Waals surface area contributed by atoms with Gasteiger partial charge in [-0.15, -0.1) is 0 Å². The summed E-state index contributed by atoms with van der Waals surface area (Å²) in [7, 11) is 0. The van der Waals surface area contributed by atoms with Crippen LogP contribution < -0.4 is 5.32 Å². The number of carbonyl (C=O) groups excluding carboxylic acids is 1. The SMILES string of the molecule is O=C(Nc1cccc(Cl)c1)N(Cc1cnc2ccccn12)C1CC1. The average Bonchev–Trinajstić information content (AvgIpc) is 3.33. The summed E-state index contributed by atoms with van der Waals surface area (Å²) in [6.45, 7) is 0.530. The maximum absolute atomic E-state index is 12.7. The number of hydrogen-bond donors (Lipinski definition) is 1. The van der Waals surface area contributed by atoms with Crippen LogP contribution in [-0.2, 0) is 6.54 Å². The van der Waals surface area contributed by atoms with Gasteiger partial charge in [-0.1, -0.05) is 23.7 Å². The number of carbonyl (C=O) groups is 1. The number of halogens is 1. The molecule has 2 aromatic heterocycles. The number of imidazole rings is 1. The highest BCUT2D eigenvalue weighted by Gasteiger charge is 2.33. The lowest BCUT2D eigenvalue weighted by Gasteiger charge is -2.22. The molecule has 1 aliphatic carbocycles. The van der Waals surface area contributed by atoms with Gasteiger partial charge in [0.2, 0.25) is 0 Å². The Bertz CT molecular complexity index is 887. The molecular formula is C18H17ClN4O. The third kappa shape index (κ3) is 3.08. The number of anilines is 1. The normalized spacial score (nSPS) is 13.9. The molecule has 0 spiro atoms. The number of pyridine rings is 1. The van der Waals surface area contributed by atoms with E-state index in [1.54, 1.807) is 12.1 Å². The first-order valence-electron chi connectivity index (χ1n) is 7.95. The predicted molar refractivity (Wildman–Crippen MR) is 94.2 cm³/mol. The molecular weight excluding hydrogens is 324 g/mol. The molecule has 0 atom stereocenters. The van der Waals surface area contributed by atoms with Gasteiger partial charge in [-0.05, 0) is 43.2 Å². The molecule has 0 aliphatic heterocycles. The van der Waals surface area contributed by atoms with E-state index in [2.05, 4.69) is 10.3 Å². The van der Waals surface area contributed by atoms with Crippen molar-refractivity contribution >= 4 is 29.0 Å². The zero-order chi connectivity index (χ0) is 16.5. The summed E-state index contributed by atoms with van der Waals surface area (Å²) >= 11 is 5.99. The Morgan fingerprint density at radius 1 is 1.29 bits per heavy atom. The third-order valence-electron chi connectivity index (χ3n) is 4.15. The number of fused-ring (bicyclic) bond motifs is 1. The fourth-order valence-corrected chi connectivity index (χ4v) is 2.98. The van der Waals surface area contributed by atoms with Crippen LogP contribution in [0.25, 0.3) is 5.65 Å². The van der Waals surface area contributed by atoms with Crippen molar-refractivity contribution in [3.8, 4) is 0 Å². The van der Waals surface area contributed by atoms with Crippen LogP contribution in [0.4, 0.5) is 10.5 Å². The summed E-state index contributed by atoms with van der Waals surface area (Å²) in [4.78, 5) is 19.0. The maximum atomic E-state index is 12.7. The first-order valence-corrected chi connectivity index (χ1v) is 8.33. The van der Waals surface area contributed by atoms with E-state index in [1.165, 1.54) is 0 Å². The number of rotatable bonds is 4. The van der Waals surface area contributed by atoms with Gasteiger partial charge in [0.15, 0.2) is 0 Å². The van der Waals surface area contributed by atoms with Gasteiger partial charge in [-0.25, -0.2) is 9.78 Å². The second kappa shape index (κ2) is 6.17. The van der Waals surface area contributed by atoms with Gasteiger partial charge < -0.3 is 14.6 Å². The van der Waals surface area contributed by atoms with Gasteiger partial charge in [0.25, 0.3) is 0 Å². The van der Waals surface area contributed by atoms with E-state index >= 15 is 0 Å². The second-order valence-electron chi connectivity index (χ2n) is 5.98. The molecule has 6 heteroatoms. The summed E-state index contributed by atoms with van der Waals surface area (Å²) < 4.78 is 2.02. The third-order valence-corrected chi connectivity index (χ3v) is 4.39. The fourth-order valence-electron chi connectivity index (χ4n) is 2.79. The number of urea groups is 1. The van der Waals surface area contributed by atoms with Crippen molar-refractivity contribution in [3.63, 3.8) is 0 Å². The van der Waals surface area contributed by atoms with Crippen molar-refractivity contribution in [1.82, 2.24) is 14.3 Å². The van der Waals surface area contributed by atoms with Crippen molar-refractivity contribution in [3.05, 3.63) is 65.6 Å². The molecule has 3 aromatic rings. The lowest BCUT2D eigenvalue weighted by Crippen LogP contribution is -2.36. The zero-order valence-electron chi connectivity index (χ0n) is 13.0. The van der Waals surface area contributed by atoms with Crippen molar-refractivity contribution < 1.29 is 4.79 Å². The standard InChI is InChI=1S/C18H17ClN4O/c19-13-4-3-5-14(10-13)21-18(24)23(15-7-8-15)12-16-11-20-17-6-1-2-9-22(16)17/h1-6,9-11,15H,7-8,12H2,(H,21,24). The smallest absolute Gasteiger partial charge is 0.316 e. The molecule has 122 valence electrons. The van der Waals surface area contributed by atoms with Gasteiger partial charge in [0, 0.05) is 22.9 Å². The molecule has 1 aliphatic rings. The minimum atomic E-state index is -0.106. The first kappa shape index (κ1) is 15.0. The van der Waals surface area contributed by atoms with Crippen molar-refractivity contribution in [2.45, 2.75) is 25.4 Å². The Balaban J connectivity index is 1.55. The Morgan fingerprint density at radius 3 is 2.96 bits per heavy atom. The highest BCUT2D eigenvalue weighted by Crippen LogP contribution is 2.29. The van der Waals surface area contributed by atoms with Crippen LogP contribution in [-0.4, -0.2) is 26.4 Å². The van der Waals surface area contributed by atoms with Crippen molar-refractivity contribution in [2.24, 2.45) is 0 Å². The van der Waals surface area contributed by atoms with Crippen LogP contribution in [0.1, 0.15) is 18.5 Å². The van der Waals surface area contributed by atoms with E-state index in [-0.39, 0.29) is 6.03 Å². The van der Waals surface area contributed by atoms with Gasteiger partial charge in [0.05, 0.1) is 18.4 Å². The summed E-state index contributed by atoms with van der Waals surface area (Å²) in [5.74, 6) is 0. The van der Waals surface area contributed by atoms with Crippen LogP contribution in [0, 0.1) is 0 Å². The molecule has 0 saturated heterocycles. The molecule has 4 rings (SSSR count). The Kier molecular flexibility index (Phi) is 3.86. The summed E-state index contributed by atoms with van der Waals surface area (Å²) in [6, 6.07) is 13.3. The Hall–Kier alpha value is -2.53. The zero-order valence-corrected chi connectivity index (χ0v) is 13.8. The summed E-state index contributed by atoms with van der Waals surface area (Å²) in [6.07, 6.45) is 5.88. The second-order valence-corrected chi connectivity index (χ2v) is 6.41. The quantitative estimate of drug-likeness (QED) is 0.774. The van der Waals surface area contributed by atoms with Gasteiger partial charge in [0.1, 0.15) is 5.65 Å². The number of nitrogens with zero attached hydrogens (tertiary/aromatic N) is 3. The number of amides is 2. The molecule has 0 unspecified atom stereocenters. The topological polar surface area (TPSA) is 49.6 Å². The summed E-state index contributed by atoms with van der Waals surface area (Å²) in [5, 5.41) is 3.54. The molecule has 1 fully saturated rings. The minimum Gasteiger partial charge on any atom is -0.316 e. The van der Waals surface area contributed by atoms with Gasteiger partial charge in [-0.2, -0.15) is 0 Å². The Labute approximate surface area is 144 Å². The molecule has 5 nitrogen and oxygen atoms in total. The predicted octanol–water partition coefficient (Wildman–Crippen LogP) is 4.18. The first-order chi connectivity index (χ1) is 11.7. The largest absolute Gasteiger partial charge is 0.322 e. The van der Waals surface area contributed by atoms with E-state index in [9.17, 15) is 4.79 Å². The van der Waals surface area contributed by atoms with E-state index in [0.29, 0.717) is 23.3 Å². The molecule has 2 heterocycles. The maximum Gasteiger partial charge on any atom is 0.322 e. The lowest BCUT2D eigenvalue weighted by atomic mass is 10.3. The molecule has 1 aromatic carbocycles. The summed E-state index contributed by atoms with van der Waals surface area (Å²) in [5.41, 5.74) is 2.59. The molecule has 1 N–H and O–H groups in total. The minimum absolute atomic E-state index is 0.106. The number of hydrogen-bond acceptors (Lipinski definition) is 2. The van der Waals surface area contributed by atoms with E-state index in [1.807, 2.05) is 52.0 Å². The Morgan fingerprint density at radius 2 is 2.17 bits per heavy atom. The fraction of sp³-hybridized carbons (Fsp3) is 0.222. The van der Waals surface area contributed by atoms with E-state index in [0.717, 1.165) is 24.2 Å². The van der Waals surface area contributed by atoms with Crippen LogP contribution in [0.15, 0.2) is 54.9 Å². The number of aromatic nitrogens is 2. The molecule has 1 saturated carbocycles. The van der Waals surface area contributed by atoms with Gasteiger partial charge >= 0.3 is 6.03 Å². The molecule has 24 heavy (non-hydrogen) atoms. The van der Waals surface area contributed by atoms with Crippen LogP contribution >= 0.6 is 11.6 Å². The average molecular weight is 341 g/mol. The van der Waals surface area contributed by atoms with Gasteiger partial charge in [-0.3, -0.25) is 0 Å². The van der Waals surface area contributed by atoms with Crippen LogP contribution in [0.5, 0.6) is 0 Å². The number of nitrogens with one attached hydrogen (secondary N) is 1. The molecule has 0 radical (unpaired) electrons. The highest BCUT2D eigenvalue weighted by molar-refractivity contribution is 6.30. The lowest BCUT2D eigenvalue weighted by molar-refractivity contribution is 0.205. The van der Waals surface area contributed by atoms with E-state index in [4.69, 9.17) is 11.6 Å². The van der Waals surface area contributed by atoms with Crippen molar-refractivity contribution in [2.75, 3.05) is 5.32 Å².